The average molecular weight is 210 g/mol. The Balaban J connectivity index is 2.50. The summed E-state index contributed by atoms with van der Waals surface area (Å²) >= 11 is 0. The number of hydrogen-bond donors (Lipinski definition) is 0. The van der Waals surface area contributed by atoms with E-state index in [1.165, 1.54) is 4.68 Å². The quantitative estimate of drug-likeness (QED) is 0.730. The van der Waals surface area contributed by atoms with Gasteiger partial charge in [0.15, 0.2) is 11.7 Å². The summed E-state index contributed by atoms with van der Waals surface area (Å²) in [5, 5.41) is 28.5. The van der Waals surface area contributed by atoms with E-state index < -0.39 is 5.92 Å². The van der Waals surface area contributed by atoms with E-state index in [2.05, 4.69) is 15.5 Å². The number of nitriles is 2. The fourth-order valence-electron chi connectivity index (χ4n) is 1.27. The molecular formula is C10H6N6. The van der Waals surface area contributed by atoms with Crippen LogP contribution in [0.25, 0.3) is 5.69 Å². The lowest BCUT2D eigenvalue weighted by Crippen LogP contribution is -2.06. The Labute approximate surface area is 91.4 Å². The van der Waals surface area contributed by atoms with Gasteiger partial charge in [0, 0.05) is 0 Å². The predicted octanol–water partition coefficient (Wildman–Crippen LogP) is 0.793. The molecule has 2 rings (SSSR count). The Bertz CT molecular complexity index is 545. The van der Waals surface area contributed by atoms with Gasteiger partial charge in [-0.15, -0.1) is 5.10 Å². The zero-order valence-corrected chi connectivity index (χ0v) is 8.15. The molecule has 0 spiro atoms. The van der Waals surface area contributed by atoms with E-state index in [0.29, 0.717) is 0 Å². The van der Waals surface area contributed by atoms with Crippen LogP contribution in [0.15, 0.2) is 30.3 Å². The number of benzene rings is 1. The van der Waals surface area contributed by atoms with Crippen LogP contribution in [0.3, 0.4) is 0 Å². The van der Waals surface area contributed by atoms with Gasteiger partial charge in [-0.05, 0) is 22.6 Å². The molecule has 1 aromatic carbocycles. The molecule has 0 aliphatic heterocycles. The van der Waals surface area contributed by atoms with Gasteiger partial charge in [0.1, 0.15) is 0 Å². The predicted molar refractivity (Wildman–Crippen MR) is 53.1 cm³/mol. The highest BCUT2D eigenvalue weighted by molar-refractivity contribution is 5.33. The zero-order chi connectivity index (χ0) is 11.4. The number of para-hydroxylation sites is 1. The first-order valence-electron chi connectivity index (χ1n) is 4.49. The van der Waals surface area contributed by atoms with Crippen LogP contribution in [0.1, 0.15) is 11.7 Å². The van der Waals surface area contributed by atoms with E-state index in [4.69, 9.17) is 10.5 Å². The summed E-state index contributed by atoms with van der Waals surface area (Å²) in [5.74, 6) is -0.730. The van der Waals surface area contributed by atoms with Crippen molar-refractivity contribution in [2.24, 2.45) is 0 Å². The van der Waals surface area contributed by atoms with Gasteiger partial charge in [0.2, 0.25) is 0 Å². The van der Waals surface area contributed by atoms with Crippen molar-refractivity contribution < 1.29 is 0 Å². The molecular weight excluding hydrogens is 204 g/mol. The molecule has 76 valence electrons. The minimum atomic E-state index is -0.963. The van der Waals surface area contributed by atoms with E-state index >= 15 is 0 Å². The number of aromatic nitrogens is 4. The van der Waals surface area contributed by atoms with Crippen LogP contribution in [-0.4, -0.2) is 20.2 Å². The van der Waals surface area contributed by atoms with Crippen molar-refractivity contribution >= 4 is 0 Å². The molecule has 1 heterocycles. The number of rotatable bonds is 2. The Hall–Kier alpha value is -2.73. The van der Waals surface area contributed by atoms with Gasteiger partial charge in [0.25, 0.3) is 0 Å². The van der Waals surface area contributed by atoms with Gasteiger partial charge < -0.3 is 0 Å². The average Bonchev–Trinajstić information content (AvgIpc) is 2.81. The molecule has 0 fully saturated rings. The third-order valence-electron chi connectivity index (χ3n) is 2.01. The number of tetrazole rings is 1. The molecule has 16 heavy (non-hydrogen) atoms. The molecule has 0 aliphatic rings. The summed E-state index contributed by atoms with van der Waals surface area (Å²) in [6, 6.07) is 12.8. The molecule has 0 N–H and O–H groups in total. The Morgan fingerprint density at radius 1 is 1.12 bits per heavy atom. The molecule has 6 heteroatoms. The minimum Gasteiger partial charge on any atom is -0.196 e. The number of nitrogens with zero attached hydrogens (tertiary/aromatic N) is 6. The van der Waals surface area contributed by atoms with Crippen molar-refractivity contribution in [3.8, 4) is 17.8 Å². The van der Waals surface area contributed by atoms with Gasteiger partial charge in [-0.1, -0.05) is 18.2 Å². The highest BCUT2D eigenvalue weighted by Crippen LogP contribution is 2.14. The van der Waals surface area contributed by atoms with Gasteiger partial charge in [-0.2, -0.15) is 15.2 Å². The van der Waals surface area contributed by atoms with Crippen LogP contribution in [0.4, 0.5) is 0 Å². The highest BCUT2D eigenvalue weighted by atomic mass is 15.5. The van der Waals surface area contributed by atoms with E-state index in [-0.39, 0.29) is 5.82 Å². The largest absolute Gasteiger partial charge is 0.196 e. The lowest BCUT2D eigenvalue weighted by atomic mass is 10.2. The molecule has 0 atom stereocenters. The molecule has 2 aromatic rings. The second-order valence-corrected chi connectivity index (χ2v) is 2.98. The monoisotopic (exact) mass is 210 g/mol. The molecule has 0 bridgehead atoms. The fourth-order valence-corrected chi connectivity index (χ4v) is 1.27. The van der Waals surface area contributed by atoms with Gasteiger partial charge in [-0.3, -0.25) is 0 Å². The van der Waals surface area contributed by atoms with Gasteiger partial charge >= 0.3 is 0 Å². The van der Waals surface area contributed by atoms with Crippen molar-refractivity contribution in [2.45, 2.75) is 5.92 Å². The van der Waals surface area contributed by atoms with Crippen molar-refractivity contribution in [2.75, 3.05) is 0 Å². The van der Waals surface area contributed by atoms with Crippen LogP contribution in [0.5, 0.6) is 0 Å². The van der Waals surface area contributed by atoms with Crippen molar-refractivity contribution in [3.05, 3.63) is 36.2 Å². The maximum absolute atomic E-state index is 8.79. The second kappa shape index (κ2) is 4.20. The normalized spacial score (nSPS) is 9.69. The molecule has 0 saturated heterocycles. The zero-order valence-electron chi connectivity index (χ0n) is 8.15. The van der Waals surface area contributed by atoms with E-state index in [9.17, 15) is 0 Å². The van der Waals surface area contributed by atoms with Crippen LogP contribution < -0.4 is 0 Å². The molecule has 0 amide bonds. The van der Waals surface area contributed by atoms with Gasteiger partial charge in [-0.25, -0.2) is 0 Å². The maximum atomic E-state index is 8.79. The van der Waals surface area contributed by atoms with Crippen LogP contribution in [0, 0.1) is 22.7 Å². The summed E-state index contributed by atoms with van der Waals surface area (Å²) in [6.45, 7) is 0. The SMILES string of the molecule is N#CC(C#N)c1nnnn1-c1ccccc1. The summed E-state index contributed by atoms with van der Waals surface area (Å²) < 4.78 is 1.39. The second-order valence-electron chi connectivity index (χ2n) is 2.98. The first-order chi connectivity index (χ1) is 7.86. The van der Waals surface area contributed by atoms with Crippen LogP contribution >= 0.6 is 0 Å². The highest BCUT2D eigenvalue weighted by Gasteiger charge is 2.18. The van der Waals surface area contributed by atoms with E-state index in [1.54, 1.807) is 12.1 Å². The first kappa shape index (κ1) is 9.81. The van der Waals surface area contributed by atoms with Crippen molar-refractivity contribution in [3.63, 3.8) is 0 Å². The van der Waals surface area contributed by atoms with E-state index in [1.807, 2.05) is 30.3 Å². The van der Waals surface area contributed by atoms with Crippen molar-refractivity contribution in [1.82, 2.24) is 20.2 Å². The maximum Gasteiger partial charge on any atom is 0.194 e. The smallest absolute Gasteiger partial charge is 0.194 e. The molecule has 1 aromatic heterocycles. The molecule has 0 radical (unpaired) electrons. The third-order valence-corrected chi connectivity index (χ3v) is 2.01. The van der Waals surface area contributed by atoms with Crippen LogP contribution in [-0.2, 0) is 0 Å². The molecule has 0 unspecified atom stereocenters. The van der Waals surface area contributed by atoms with Gasteiger partial charge in [0.05, 0.1) is 17.8 Å². The lowest BCUT2D eigenvalue weighted by molar-refractivity contribution is 0.764. The topological polar surface area (TPSA) is 91.2 Å². The first-order valence-corrected chi connectivity index (χ1v) is 4.49. The third kappa shape index (κ3) is 1.60. The molecule has 0 saturated carbocycles. The molecule has 6 nitrogen and oxygen atoms in total. The minimum absolute atomic E-state index is 0.233. The standard InChI is InChI=1S/C10H6N6/c11-6-8(7-12)10-13-14-15-16(10)9-4-2-1-3-5-9/h1-5,8H. The Kier molecular flexibility index (Phi) is 2.57. The van der Waals surface area contributed by atoms with Crippen molar-refractivity contribution in [1.29, 1.82) is 10.5 Å². The Morgan fingerprint density at radius 3 is 2.44 bits per heavy atom. The Morgan fingerprint density at radius 2 is 1.81 bits per heavy atom. The summed E-state index contributed by atoms with van der Waals surface area (Å²) in [5.41, 5.74) is 0.720. The molecule has 0 aliphatic carbocycles. The van der Waals surface area contributed by atoms with Crippen LogP contribution in [0.2, 0.25) is 0 Å². The van der Waals surface area contributed by atoms with E-state index in [0.717, 1.165) is 5.69 Å². The fraction of sp³-hybridized carbons (Fsp3) is 0.100. The summed E-state index contributed by atoms with van der Waals surface area (Å²) in [7, 11) is 0. The lowest BCUT2D eigenvalue weighted by Gasteiger charge is -2.02. The summed E-state index contributed by atoms with van der Waals surface area (Å²) in [6.07, 6.45) is 0. The number of hydrogen-bond acceptors (Lipinski definition) is 5. The summed E-state index contributed by atoms with van der Waals surface area (Å²) in [4.78, 5) is 0.